The van der Waals surface area contributed by atoms with Gasteiger partial charge in [0, 0.05) is 59.8 Å². The van der Waals surface area contributed by atoms with Gasteiger partial charge in [0.1, 0.15) is 44.7 Å². The molecule has 31 rings (SSSR count). The van der Waals surface area contributed by atoms with Crippen molar-refractivity contribution in [3.05, 3.63) is 509 Å². The van der Waals surface area contributed by atoms with Gasteiger partial charge in [0.05, 0.1) is 0 Å². The van der Waals surface area contributed by atoms with Crippen molar-refractivity contribution < 1.29 is 17.7 Å². The number of benzene rings is 27. The summed E-state index contributed by atoms with van der Waals surface area (Å²) < 4.78 is 27.6. The van der Waals surface area contributed by atoms with Crippen LogP contribution in [0.25, 0.3) is 329 Å². The van der Waals surface area contributed by atoms with Crippen LogP contribution in [0.4, 0.5) is 0 Å². The summed E-state index contributed by atoms with van der Waals surface area (Å²) in [5.74, 6) is 0. The molecular formula is C145H86O4. The van der Waals surface area contributed by atoms with Crippen LogP contribution in [-0.4, -0.2) is 0 Å². The number of aryl methyl sites for hydroxylation is 1. The topological polar surface area (TPSA) is 52.6 Å². The highest BCUT2D eigenvalue weighted by molar-refractivity contribution is 6.31. The number of furan rings is 4. The van der Waals surface area contributed by atoms with Crippen LogP contribution in [0, 0.1) is 6.92 Å². The Morgan fingerprint density at radius 3 is 0.960 bits per heavy atom. The van der Waals surface area contributed by atoms with E-state index in [0.717, 1.165) is 193 Å². The zero-order chi connectivity index (χ0) is 97.7. The van der Waals surface area contributed by atoms with E-state index in [0.29, 0.717) is 0 Å². The second-order valence-electron chi connectivity index (χ2n) is 39.9. The maximum atomic E-state index is 7.40. The SMILES string of the molecule is Cc1ccccc1-c1cc(-c2ccc(-c3c4ccccc4c(-c4ccc(-c5c(-c6cccc7oc8cc(-c9ccc(-c%10c%11ccccc%11c(-c%11ccc(-c%12ccc%13oc%14ccccc%14c%13c%12)cc%11)c%11ccccc%10%11)c%10ccccc9%10)ccc8c67)ccc6oc7ccccc7c56)cc4)c4ccccc34)c3ccccc23)c2oc3ccccc3c2c1-c1ccc(-c2c3ccccc3c(-c3cccc4ccccc34)c3ccccc23)cc1. The minimum absolute atomic E-state index is 0.818. The monoisotopic (exact) mass is 1890 g/mol. The van der Waals surface area contributed by atoms with E-state index < -0.39 is 0 Å². The highest BCUT2D eigenvalue weighted by atomic mass is 16.3. The van der Waals surface area contributed by atoms with E-state index in [1.807, 2.05) is 12.1 Å². The molecule has 0 bridgehead atoms. The molecule has 0 N–H and O–H groups in total. The molecule has 31 aromatic rings. The van der Waals surface area contributed by atoms with Crippen molar-refractivity contribution >= 4 is 185 Å². The first-order valence-electron chi connectivity index (χ1n) is 51.4. The molecule has 0 amide bonds. The van der Waals surface area contributed by atoms with Gasteiger partial charge in [-0.25, -0.2) is 0 Å². The van der Waals surface area contributed by atoms with Gasteiger partial charge in [-0.3, -0.25) is 0 Å². The number of hydrogen-bond donors (Lipinski definition) is 0. The lowest BCUT2D eigenvalue weighted by molar-refractivity contribution is 0.668. The number of hydrogen-bond acceptors (Lipinski definition) is 4. The van der Waals surface area contributed by atoms with Gasteiger partial charge >= 0.3 is 0 Å². The smallest absolute Gasteiger partial charge is 0.143 e. The summed E-state index contributed by atoms with van der Waals surface area (Å²) >= 11 is 0. The quantitative estimate of drug-likeness (QED) is 0.108. The molecule has 690 valence electrons. The lowest BCUT2D eigenvalue weighted by atomic mass is 9.82. The molecule has 4 nitrogen and oxygen atoms in total. The van der Waals surface area contributed by atoms with Crippen molar-refractivity contribution in [2.45, 2.75) is 6.92 Å². The molecule has 0 saturated heterocycles. The number of para-hydroxylation sites is 3. The van der Waals surface area contributed by atoms with Gasteiger partial charge in [-0.2, -0.15) is 0 Å². The molecule has 0 saturated carbocycles. The Morgan fingerprint density at radius 1 is 0.121 bits per heavy atom. The van der Waals surface area contributed by atoms with Crippen molar-refractivity contribution in [1.82, 2.24) is 0 Å². The fourth-order valence-electron chi connectivity index (χ4n) is 25.5. The Labute approximate surface area is 856 Å². The summed E-state index contributed by atoms with van der Waals surface area (Å²) in [6, 6.07) is 186. The zero-order valence-electron chi connectivity index (χ0n) is 81.1. The van der Waals surface area contributed by atoms with Crippen LogP contribution in [0.15, 0.2) is 521 Å². The van der Waals surface area contributed by atoms with Gasteiger partial charge in [0.25, 0.3) is 0 Å². The third-order valence-electron chi connectivity index (χ3n) is 32.1. The van der Waals surface area contributed by atoms with Crippen LogP contribution in [0.5, 0.6) is 0 Å². The van der Waals surface area contributed by atoms with Crippen molar-refractivity contribution in [3.8, 4) is 145 Å². The first-order chi connectivity index (χ1) is 73.9. The van der Waals surface area contributed by atoms with Crippen molar-refractivity contribution in [2.75, 3.05) is 0 Å². The van der Waals surface area contributed by atoms with Crippen molar-refractivity contribution in [3.63, 3.8) is 0 Å². The fourth-order valence-corrected chi connectivity index (χ4v) is 25.5. The Kier molecular flexibility index (Phi) is 18.8. The van der Waals surface area contributed by atoms with Crippen LogP contribution in [-0.2, 0) is 0 Å². The van der Waals surface area contributed by atoms with Gasteiger partial charge in [-0.15, -0.1) is 0 Å². The second-order valence-corrected chi connectivity index (χ2v) is 39.9. The molecule has 0 atom stereocenters. The molecule has 4 aromatic heterocycles. The van der Waals surface area contributed by atoms with Crippen LogP contribution < -0.4 is 0 Å². The predicted octanol–water partition coefficient (Wildman–Crippen LogP) is 41.6. The lowest BCUT2D eigenvalue weighted by Crippen LogP contribution is -1.95. The van der Waals surface area contributed by atoms with E-state index in [-0.39, 0.29) is 0 Å². The summed E-state index contributed by atoms with van der Waals surface area (Å²) in [6.45, 7) is 2.24. The van der Waals surface area contributed by atoms with Crippen LogP contribution in [0.2, 0.25) is 0 Å². The summed E-state index contributed by atoms with van der Waals surface area (Å²) in [6.07, 6.45) is 0. The highest BCUT2D eigenvalue weighted by Crippen LogP contribution is 2.57. The molecule has 0 aliphatic heterocycles. The van der Waals surface area contributed by atoms with Gasteiger partial charge in [0.2, 0.25) is 0 Å². The summed E-state index contributed by atoms with van der Waals surface area (Å²) in [4.78, 5) is 0. The Bertz CT molecular complexity index is 11000. The third kappa shape index (κ3) is 12.9. The molecular weight excluding hydrogens is 1810 g/mol. The molecule has 0 aliphatic carbocycles. The molecule has 4 heteroatoms. The van der Waals surface area contributed by atoms with Gasteiger partial charge in [0.15, 0.2) is 0 Å². The van der Waals surface area contributed by atoms with E-state index in [9.17, 15) is 0 Å². The first kappa shape index (κ1) is 84.0. The van der Waals surface area contributed by atoms with E-state index >= 15 is 0 Å². The summed E-state index contributed by atoms with van der Waals surface area (Å²) in [7, 11) is 0. The van der Waals surface area contributed by atoms with E-state index in [2.05, 4.69) is 498 Å². The highest BCUT2D eigenvalue weighted by Gasteiger charge is 2.31. The first-order valence-corrected chi connectivity index (χ1v) is 51.4. The van der Waals surface area contributed by atoms with Gasteiger partial charge in [-0.1, -0.05) is 437 Å². The summed E-state index contributed by atoms with van der Waals surface area (Å²) in [5, 5.41) is 30.1. The van der Waals surface area contributed by atoms with E-state index in [1.165, 1.54) is 142 Å². The van der Waals surface area contributed by atoms with Gasteiger partial charge < -0.3 is 17.7 Å². The maximum absolute atomic E-state index is 7.40. The average Bonchev–Trinajstić information content (AvgIpc) is 1.72. The molecule has 0 spiro atoms. The largest absolute Gasteiger partial charge is 0.456 e. The Morgan fingerprint density at radius 2 is 0.430 bits per heavy atom. The predicted molar refractivity (Wildman–Crippen MR) is 629 cm³/mol. The Hall–Kier alpha value is -19.5. The normalized spacial score (nSPS) is 12.1. The molecule has 0 unspecified atom stereocenters. The standard InChI is InChI=1S/C145H86O4/c1-85-30-2-4-33-95(85)125-84-126(145-144(122-53-24-27-58-129(122)149-145)138(125)92-70-66-90(67-71-92)135-105-40-10-16-46-111(105)139(112-47-17-11-41-106(112)135)104-54-28-32-87-31-3-5-34-96(87)104)102-76-78-119(101-38-9-7-36-99(101)102)141-115-50-20-14-44-109(115)136(110-45-15-21-51-116(110)141)89-64-68-91(69-65-89)137-120(79-81-132-143(137)121-52-23-26-57-128(121)147-132)117-55-29-59-131-142(117)123-74-72-94(83-133(123)148-131)97-75-77-118(100-37-8-6-35-98(97)100)140-113-48-18-12-42-107(113)134(108-43-13-19-49-114(108)140)88-62-60-86(61-63-88)93-73-80-130-124(82-93)103-39-22-25-56-127(103)146-130/h2-84H,1H3. The zero-order valence-corrected chi connectivity index (χ0v) is 81.1. The maximum Gasteiger partial charge on any atom is 0.143 e. The Balaban J connectivity index is 0.504. The third-order valence-corrected chi connectivity index (χ3v) is 32.1. The van der Waals surface area contributed by atoms with E-state index in [4.69, 9.17) is 17.7 Å². The molecule has 4 heterocycles. The summed E-state index contributed by atoms with van der Waals surface area (Å²) in [5.41, 5.74) is 37.8. The average molecular weight is 1890 g/mol. The van der Waals surface area contributed by atoms with Gasteiger partial charge in [-0.05, 0) is 304 Å². The number of rotatable bonds is 13. The van der Waals surface area contributed by atoms with Crippen molar-refractivity contribution in [2.24, 2.45) is 0 Å². The minimum Gasteiger partial charge on any atom is -0.456 e. The van der Waals surface area contributed by atoms with Crippen LogP contribution >= 0.6 is 0 Å². The van der Waals surface area contributed by atoms with Crippen LogP contribution in [0.1, 0.15) is 5.56 Å². The van der Waals surface area contributed by atoms with E-state index in [1.54, 1.807) is 0 Å². The molecule has 27 aromatic carbocycles. The van der Waals surface area contributed by atoms with Crippen LogP contribution in [0.3, 0.4) is 0 Å². The molecule has 0 fully saturated rings. The molecule has 149 heavy (non-hydrogen) atoms. The fraction of sp³-hybridized carbons (Fsp3) is 0.00690. The molecule has 0 radical (unpaired) electrons. The lowest BCUT2D eigenvalue weighted by Gasteiger charge is -2.21. The molecule has 0 aliphatic rings. The van der Waals surface area contributed by atoms with Crippen molar-refractivity contribution in [1.29, 1.82) is 0 Å². The second kappa shape index (κ2) is 33.3. The minimum atomic E-state index is 0.818. The number of fused-ring (bicyclic) bond motifs is 21.